The van der Waals surface area contributed by atoms with Crippen molar-refractivity contribution in [3.63, 3.8) is 0 Å². The molecular formula is C18H19ClN6S. The van der Waals surface area contributed by atoms with Crippen LogP contribution in [0, 0.1) is 0 Å². The van der Waals surface area contributed by atoms with Crippen LogP contribution in [0.25, 0.3) is 0 Å². The molecule has 0 radical (unpaired) electrons. The predicted octanol–water partition coefficient (Wildman–Crippen LogP) is 4.25. The second-order valence-electron chi connectivity index (χ2n) is 6.21. The van der Waals surface area contributed by atoms with Gasteiger partial charge in [-0.1, -0.05) is 17.7 Å². The van der Waals surface area contributed by atoms with Crippen molar-refractivity contribution in [1.82, 2.24) is 19.9 Å². The Kier molecular flexibility index (Phi) is 5.01. The van der Waals surface area contributed by atoms with Crippen molar-refractivity contribution in [2.45, 2.75) is 25.4 Å². The fourth-order valence-corrected chi connectivity index (χ4v) is 4.25. The van der Waals surface area contributed by atoms with Gasteiger partial charge < -0.3 is 11.1 Å². The van der Waals surface area contributed by atoms with Gasteiger partial charge in [-0.2, -0.15) is 15.0 Å². The number of nitrogens with zero attached hydrogens (tertiary/aromatic N) is 4. The summed E-state index contributed by atoms with van der Waals surface area (Å²) in [6, 6.07) is 12.1. The number of nitrogens with one attached hydrogen (secondary N) is 1. The lowest BCUT2D eigenvalue weighted by Crippen LogP contribution is -2.24. The number of anilines is 3. The second kappa shape index (κ2) is 7.57. The van der Waals surface area contributed by atoms with Crippen LogP contribution >= 0.6 is 22.9 Å². The number of thiophene rings is 1. The van der Waals surface area contributed by atoms with Gasteiger partial charge in [0, 0.05) is 21.6 Å². The van der Waals surface area contributed by atoms with Gasteiger partial charge in [-0.25, -0.2) is 0 Å². The Morgan fingerprint density at radius 3 is 2.81 bits per heavy atom. The molecule has 6 nitrogen and oxygen atoms in total. The largest absolute Gasteiger partial charge is 0.368 e. The number of rotatable bonds is 5. The van der Waals surface area contributed by atoms with Gasteiger partial charge in [0.2, 0.25) is 11.9 Å². The number of hydrogen-bond donors (Lipinski definition) is 2. The van der Waals surface area contributed by atoms with Crippen LogP contribution in [0.15, 0.2) is 41.8 Å². The Morgan fingerprint density at radius 2 is 2.04 bits per heavy atom. The summed E-state index contributed by atoms with van der Waals surface area (Å²) in [6.45, 7) is 1.69. The summed E-state index contributed by atoms with van der Waals surface area (Å²) in [5, 5.41) is 5.97. The molecule has 0 saturated carbocycles. The average Bonchev–Trinajstić information content (AvgIpc) is 3.27. The van der Waals surface area contributed by atoms with Gasteiger partial charge in [-0.15, -0.1) is 11.3 Å². The van der Waals surface area contributed by atoms with Crippen LogP contribution < -0.4 is 11.1 Å². The Hall–Kier alpha value is -2.22. The molecule has 0 amide bonds. The summed E-state index contributed by atoms with van der Waals surface area (Å²) in [7, 11) is 0. The topological polar surface area (TPSA) is 80.0 Å². The van der Waals surface area contributed by atoms with Gasteiger partial charge in [0.1, 0.15) is 5.82 Å². The SMILES string of the molecule is Nc1nc(CN2CCC[C@@H]2c2cccs2)nc(Nc2ccc(Cl)cc2)n1. The van der Waals surface area contributed by atoms with E-state index in [2.05, 4.69) is 42.7 Å². The quantitative estimate of drug-likeness (QED) is 0.682. The fourth-order valence-electron chi connectivity index (χ4n) is 3.23. The molecule has 1 saturated heterocycles. The van der Waals surface area contributed by atoms with Gasteiger partial charge in [0.15, 0.2) is 0 Å². The standard InChI is InChI=1S/C18H19ClN6S/c19-12-5-7-13(8-6-12)21-18-23-16(22-17(20)24-18)11-25-9-1-3-14(25)15-4-2-10-26-15/h2,4-8,10,14H,1,3,9,11H2,(H3,20,21,22,23,24)/t14-/m1/s1. The minimum atomic E-state index is 0.221. The zero-order valence-electron chi connectivity index (χ0n) is 14.1. The molecule has 1 atom stereocenters. The van der Waals surface area contributed by atoms with E-state index in [1.54, 1.807) is 11.3 Å². The maximum Gasteiger partial charge on any atom is 0.232 e. The molecule has 134 valence electrons. The van der Waals surface area contributed by atoms with Gasteiger partial charge in [-0.05, 0) is 55.1 Å². The van der Waals surface area contributed by atoms with Crippen molar-refractivity contribution in [3.8, 4) is 0 Å². The maximum absolute atomic E-state index is 5.92. The summed E-state index contributed by atoms with van der Waals surface area (Å²) < 4.78 is 0. The molecule has 2 aromatic heterocycles. The van der Waals surface area contributed by atoms with E-state index in [4.69, 9.17) is 17.3 Å². The first-order valence-corrected chi connectivity index (χ1v) is 9.73. The van der Waals surface area contributed by atoms with Gasteiger partial charge in [0.05, 0.1) is 6.54 Å². The molecule has 4 rings (SSSR count). The lowest BCUT2D eigenvalue weighted by Gasteiger charge is -2.22. The highest BCUT2D eigenvalue weighted by Crippen LogP contribution is 2.35. The van der Waals surface area contributed by atoms with Gasteiger partial charge in [-0.3, -0.25) is 4.90 Å². The molecule has 1 aromatic carbocycles. The van der Waals surface area contributed by atoms with E-state index < -0.39 is 0 Å². The second-order valence-corrected chi connectivity index (χ2v) is 7.62. The van der Waals surface area contributed by atoms with E-state index in [9.17, 15) is 0 Å². The van der Waals surface area contributed by atoms with Crippen LogP contribution in [0.4, 0.5) is 17.6 Å². The summed E-state index contributed by atoms with van der Waals surface area (Å²) in [6.07, 6.45) is 2.34. The van der Waals surface area contributed by atoms with E-state index in [0.29, 0.717) is 29.4 Å². The minimum Gasteiger partial charge on any atom is -0.368 e. The summed E-state index contributed by atoms with van der Waals surface area (Å²) in [4.78, 5) is 16.9. The molecule has 26 heavy (non-hydrogen) atoms. The lowest BCUT2D eigenvalue weighted by atomic mass is 10.2. The average molecular weight is 387 g/mol. The third kappa shape index (κ3) is 3.95. The number of likely N-dealkylation sites (tertiary alicyclic amines) is 1. The molecule has 0 aliphatic carbocycles. The van der Waals surface area contributed by atoms with E-state index in [0.717, 1.165) is 18.7 Å². The molecule has 1 aliphatic rings. The molecule has 3 heterocycles. The highest BCUT2D eigenvalue weighted by molar-refractivity contribution is 7.10. The van der Waals surface area contributed by atoms with Crippen molar-refractivity contribution < 1.29 is 0 Å². The Balaban J connectivity index is 1.51. The zero-order valence-corrected chi connectivity index (χ0v) is 15.7. The number of halogens is 1. The Labute approximate surface area is 161 Å². The Morgan fingerprint density at radius 1 is 1.19 bits per heavy atom. The Bertz CT molecular complexity index is 868. The molecule has 1 aliphatic heterocycles. The first-order chi connectivity index (χ1) is 12.7. The van der Waals surface area contributed by atoms with Crippen molar-refractivity contribution >= 4 is 40.5 Å². The summed E-state index contributed by atoms with van der Waals surface area (Å²) in [5.41, 5.74) is 6.75. The first-order valence-electron chi connectivity index (χ1n) is 8.48. The third-order valence-electron chi connectivity index (χ3n) is 4.38. The number of benzene rings is 1. The number of nitrogens with two attached hydrogens (primary N) is 1. The van der Waals surface area contributed by atoms with E-state index in [1.165, 1.54) is 11.3 Å². The third-order valence-corrected chi connectivity index (χ3v) is 5.60. The zero-order chi connectivity index (χ0) is 17.9. The van der Waals surface area contributed by atoms with E-state index >= 15 is 0 Å². The molecule has 3 N–H and O–H groups in total. The predicted molar refractivity (Wildman–Crippen MR) is 106 cm³/mol. The highest BCUT2D eigenvalue weighted by atomic mass is 35.5. The number of aromatic nitrogens is 3. The van der Waals surface area contributed by atoms with Gasteiger partial charge >= 0.3 is 0 Å². The van der Waals surface area contributed by atoms with E-state index in [1.807, 2.05) is 24.3 Å². The molecule has 1 fully saturated rings. The number of nitrogen functional groups attached to an aromatic ring is 1. The first kappa shape index (κ1) is 17.2. The fraction of sp³-hybridized carbons (Fsp3) is 0.278. The van der Waals surface area contributed by atoms with Crippen LogP contribution in [0.3, 0.4) is 0 Å². The molecule has 3 aromatic rings. The van der Waals surface area contributed by atoms with Crippen molar-refractivity contribution in [2.75, 3.05) is 17.6 Å². The monoisotopic (exact) mass is 386 g/mol. The van der Waals surface area contributed by atoms with Crippen molar-refractivity contribution in [2.24, 2.45) is 0 Å². The van der Waals surface area contributed by atoms with Crippen molar-refractivity contribution in [3.05, 3.63) is 57.5 Å². The van der Waals surface area contributed by atoms with Gasteiger partial charge in [0.25, 0.3) is 0 Å². The number of hydrogen-bond acceptors (Lipinski definition) is 7. The lowest BCUT2D eigenvalue weighted by molar-refractivity contribution is 0.245. The molecule has 0 spiro atoms. The molecule has 8 heteroatoms. The van der Waals surface area contributed by atoms with Crippen molar-refractivity contribution in [1.29, 1.82) is 0 Å². The summed E-state index contributed by atoms with van der Waals surface area (Å²) >= 11 is 7.72. The van der Waals surface area contributed by atoms with Crippen LogP contribution in [0.1, 0.15) is 29.6 Å². The minimum absolute atomic E-state index is 0.221. The van der Waals surface area contributed by atoms with Crippen LogP contribution in [0.5, 0.6) is 0 Å². The molecular weight excluding hydrogens is 368 g/mol. The molecule has 0 unspecified atom stereocenters. The smallest absolute Gasteiger partial charge is 0.232 e. The highest BCUT2D eigenvalue weighted by Gasteiger charge is 2.27. The van der Waals surface area contributed by atoms with Crippen LogP contribution in [-0.2, 0) is 6.54 Å². The van der Waals surface area contributed by atoms with Crippen LogP contribution in [0.2, 0.25) is 5.02 Å². The van der Waals surface area contributed by atoms with E-state index in [-0.39, 0.29) is 5.95 Å². The van der Waals surface area contributed by atoms with Crippen LogP contribution in [-0.4, -0.2) is 26.4 Å². The summed E-state index contributed by atoms with van der Waals surface area (Å²) in [5.74, 6) is 1.34. The normalized spacial score (nSPS) is 17.5. The maximum atomic E-state index is 5.92. The molecule has 0 bridgehead atoms.